The molecule has 1 aromatic carbocycles. The molecule has 2 aromatic heterocycles. The molecule has 11 heteroatoms. The SMILES string of the molecule is CS(=O)(=O)n1ccc(C(=O)NCC(=O)Nc2nc(C3(CN)C=CC=C(c4ccccc4)C3)cs2)c1. The summed E-state index contributed by atoms with van der Waals surface area (Å²) in [6.07, 6.45) is 10.3. The summed E-state index contributed by atoms with van der Waals surface area (Å²) >= 11 is 1.28. The van der Waals surface area contributed by atoms with Gasteiger partial charge in [-0.2, -0.15) is 0 Å². The zero-order valence-electron chi connectivity index (χ0n) is 19.0. The fraction of sp³-hybridized carbons (Fsp3) is 0.208. The molecule has 182 valence electrons. The lowest BCUT2D eigenvalue weighted by Gasteiger charge is -2.31. The summed E-state index contributed by atoms with van der Waals surface area (Å²) in [5.41, 5.74) is 8.90. The summed E-state index contributed by atoms with van der Waals surface area (Å²) in [6.45, 7) is 0.0641. The van der Waals surface area contributed by atoms with E-state index in [9.17, 15) is 18.0 Å². The lowest BCUT2D eigenvalue weighted by atomic mass is 9.74. The van der Waals surface area contributed by atoms with Crippen LogP contribution in [0.15, 0.2) is 72.4 Å². The van der Waals surface area contributed by atoms with Crippen molar-refractivity contribution in [2.75, 3.05) is 24.7 Å². The maximum atomic E-state index is 12.4. The number of aromatic nitrogens is 2. The highest BCUT2D eigenvalue weighted by Gasteiger charge is 2.33. The van der Waals surface area contributed by atoms with Gasteiger partial charge < -0.3 is 16.4 Å². The van der Waals surface area contributed by atoms with E-state index in [4.69, 9.17) is 5.73 Å². The second kappa shape index (κ2) is 9.98. The second-order valence-electron chi connectivity index (χ2n) is 8.22. The standard InChI is InChI=1S/C24H25N5O4S2/c1-35(32,33)29-11-9-19(14-29)22(31)26-13-21(30)28-23-27-20(15-34-23)24(16-25)10-5-8-18(12-24)17-6-3-2-4-7-17/h2-11,14-15H,12-13,16,25H2,1H3,(H,26,31)(H,27,28,30). The number of thiazole rings is 1. The lowest BCUT2D eigenvalue weighted by molar-refractivity contribution is -0.115. The molecule has 2 amide bonds. The third-order valence-electron chi connectivity index (χ3n) is 5.71. The van der Waals surface area contributed by atoms with Gasteiger partial charge in [0.15, 0.2) is 5.13 Å². The molecule has 0 fully saturated rings. The van der Waals surface area contributed by atoms with Gasteiger partial charge in [0.1, 0.15) is 0 Å². The van der Waals surface area contributed by atoms with Gasteiger partial charge in [-0.1, -0.05) is 48.6 Å². The minimum Gasteiger partial charge on any atom is -0.343 e. The number of amides is 2. The lowest BCUT2D eigenvalue weighted by Crippen LogP contribution is -2.35. The number of rotatable bonds is 8. The van der Waals surface area contributed by atoms with Crippen molar-refractivity contribution in [1.29, 1.82) is 0 Å². The third kappa shape index (κ3) is 5.59. The smallest absolute Gasteiger partial charge is 0.253 e. The number of allylic oxidation sites excluding steroid dienone is 3. The van der Waals surface area contributed by atoms with Crippen molar-refractivity contribution in [1.82, 2.24) is 14.3 Å². The Bertz CT molecular complexity index is 1410. The Balaban J connectivity index is 1.38. The summed E-state index contributed by atoms with van der Waals surface area (Å²) in [5.74, 6) is -1.01. The molecule has 0 spiro atoms. The highest BCUT2D eigenvalue weighted by Crippen LogP contribution is 2.39. The molecule has 1 aliphatic carbocycles. The number of nitrogens with one attached hydrogen (secondary N) is 2. The molecule has 1 unspecified atom stereocenters. The van der Waals surface area contributed by atoms with E-state index in [-0.39, 0.29) is 12.1 Å². The minimum atomic E-state index is -3.49. The summed E-state index contributed by atoms with van der Waals surface area (Å²) in [5, 5.41) is 7.46. The largest absolute Gasteiger partial charge is 0.343 e. The molecule has 0 bridgehead atoms. The van der Waals surface area contributed by atoms with Crippen LogP contribution < -0.4 is 16.4 Å². The summed E-state index contributed by atoms with van der Waals surface area (Å²) in [4.78, 5) is 29.2. The molecule has 0 radical (unpaired) electrons. The van der Waals surface area contributed by atoms with Gasteiger partial charge in [0, 0.05) is 29.7 Å². The topological polar surface area (TPSA) is 136 Å². The number of carbonyl (C=O) groups is 2. The normalized spacial score (nSPS) is 17.6. The molecule has 35 heavy (non-hydrogen) atoms. The van der Waals surface area contributed by atoms with Crippen LogP contribution in [-0.4, -0.2) is 48.5 Å². The number of anilines is 1. The van der Waals surface area contributed by atoms with Crippen LogP contribution >= 0.6 is 11.3 Å². The number of hydrogen-bond acceptors (Lipinski definition) is 7. The van der Waals surface area contributed by atoms with Crippen molar-refractivity contribution in [2.24, 2.45) is 5.73 Å². The number of hydrogen-bond donors (Lipinski definition) is 3. The van der Waals surface area contributed by atoms with Crippen molar-refractivity contribution in [3.63, 3.8) is 0 Å². The van der Waals surface area contributed by atoms with Crippen molar-refractivity contribution in [3.8, 4) is 0 Å². The first kappa shape index (κ1) is 24.6. The zero-order valence-corrected chi connectivity index (χ0v) is 20.6. The Kier molecular flexibility index (Phi) is 7.01. The van der Waals surface area contributed by atoms with Crippen LogP contribution in [0.1, 0.15) is 28.0 Å². The van der Waals surface area contributed by atoms with Gasteiger partial charge in [-0.15, -0.1) is 11.3 Å². The molecular weight excluding hydrogens is 486 g/mol. The highest BCUT2D eigenvalue weighted by atomic mass is 32.2. The van der Waals surface area contributed by atoms with Gasteiger partial charge in [-0.3, -0.25) is 13.6 Å². The highest BCUT2D eigenvalue weighted by molar-refractivity contribution is 7.89. The molecule has 0 aliphatic heterocycles. The monoisotopic (exact) mass is 511 g/mol. The number of nitrogens with two attached hydrogens (primary N) is 1. The first-order valence-electron chi connectivity index (χ1n) is 10.8. The van der Waals surface area contributed by atoms with E-state index in [1.54, 1.807) is 0 Å². The first-order chi connectivity index (χ1) is 16.7. The van der Waals surface area contributed by atoms with E-state index in [0.29, 0.717) is 18.1 Å². The third-order valence-corrected chi connectivity index (χ3v) is 7.46. The van der Waals surface area contributed by atoms with Gasteiger partial charge in [-0.25, -0.2) is 13.4 Å². The predicted octanol–water partition coefficient (Wildman–Crippen LogP) is 2.36. The summed E-state index contributed by atoms with van der Waals surface area (Å²) in [6, 6.07) is 11.4. The van der Waals surface area contributed by atoms with Crippen molar-refractivity contribution < 1.29 is 18.0 Å². The van der Waals surface area contributed by atoms with Crippen molar-refractivity contribution in [2.45, 2.75) is 11.8 Å². The molecule has 2 heterocycles. The molecule has 4 N–H and O–H groups in total. The molecule has 4 rings (SSSR count). The van der Waals surface area contributed by atoms with E-state index >= 15 is 0 Å². The molecule has 1 atom stereocenters. The van der Waals surface area contributed by atoms with Gasteiger partial charge in [-0.05, 0) is 23.6 Å². The molecule has 0 saturated heterocycles. The number of carbonyl (C=O) groups excluding carboxylic acids is 2. The number of benzene rings is 1. The first-order valence-corrected chi connectivity index (χ1v) is 13.5. The van der Waals surface area contributed by atoms with Crippen molar-refractivity contribution >= 4 is 43.9 Å². The predicted molar refractivity (Wildman–Crippen MR) is 137 cm³/mol. The average Bonchev–Trinajstić information content (AvgIpc) is 3.54. The Labute approximate surface area is 207 Å². The molecule has 9 nitrogen and oxygen atoms in total. The maximum Gasteiger partial charge on any atom is 0.253 e. The van der Waals surface area contributed by atoms with Crippen LogP contribution in [0.2, 0.25) is 0 Å². The molecule has 3 aromatic rings. The van der Waals surface area contributed by atoms with Crippen LogP contribution in [0, 0.1) is 0 Å². The molecular formula is C24H25N5O4S2. The Hall–Kier alpha value is -3.54. The fourth-order valence-electron chi connectivity index (χ4n) is 3.78. The Morgan fingerprint density at radius 2 is 2.00 bits per heavy atom. The van der Waals surface area contributed by atoms with Crippen LogP contribution in [0.4, 0.5) is 5.13 Å². The van der Waals surface area contributed by atoms with Crippen molar-refractivity contribution in [3.05, 3.63) is 89.2 Å². The molecule has 1 aliphatic rings. The van der Waals surface area contributed by atoms with Gasteiger partial charge >= 0.3 is 0 Å². The second-order valence-corrected chi connectivity index (χ2v) is 11.0. The Morgan fingerprint density at radius 3 is 2.69 bits per heavy atom. The maximum absolute atomic E-state index is 12.4. The van der Waals surface area contributed by atoms with E-state index in [1.165, 1.54) is 29.8 Å². The van der Waals surface area contributed by atoms with E-state index in [0.717, 1.165) is 27.1 Å². The van der Waals surface area contributed by atoms with Gasteiger partial charge in [0.2, 0.25) is 15.9 Å². The van der Waals surface area contributed by atoms with Crippen LogP contribution in [0.5, 0.6) is 0 Å². The summed E-state index contributed by atoms with van der Waals surface area (Å²) < 4.78 is 24.0. The van der Waals surface area contributed by atoms with Gasteiger partial charge in [0.05, 0.1) is 24.1 Å². The van der Waals surface area contributed by atoms with E-state index in [1.807, 2.05) is 35.7 Å². The minimum absolute atomic E-state index is 0.135. The van der Waals surface area contributed by atoms with Crippen LogP contribution in [-0.2, 0) is 20.2 Å². The van der Waals surface area contributed by atoms with Gasteiger partial charge in [0.25, 0.3) is 5.91 Å². The molecule has 0 saturated carbocycles. The summed E-state index contributed by atoms with van der Waals surface area (Å²) in [7, 11) is -3.49. The van der Waals surface area contributed by atoms with E-state index in [2.05, 4.69) is 33.8 Å². The zero-order chi connectivity index (χ0) is 25.1. The number of nitrogens with zero attached hydrogens (tertiary/aromatic N) is 2. The average molecular weight is 512 g/mol. The fourth-order valence-corrected chi connectivity index (χ4v) is 5.20. The Morgan fingerprint density at radius 1 is 1.23 bits per heavy atom. The van der Waals surface area contributed by atoms with E-state index < -0.39 is 27.3 Å². The van der Waals surface area contributed by atoms with Crippen LogP contribution in [0.3, 0.4) is 0 Å². The van der Waals surface area contributed by atoms with Crippen LogP contribution in [0.25, 0.3) is 5.57 Å². The quantitative estimate of drug-likeness (QED) is 0.425.